The predicted molar refractivity (Wildman–Crippen MR) is 95.7 cm³/mol. The normalized spacial score (nSPS) is 10.7. The zero-order valence-electron chi connectivity index (χ0n) is 13.0. The summed E-state index contributed by atoms with van der Waals surface area (Å²) in [7, 11) is 0. The van der Waals surface area contributed by atoms with Gasteiger partial charge in [0, 0.05) is 28.8 Å². The number of nitrogens with zero attached hydrogens (tertiary/aromatic N) is 1. The van der Waals surface area contributed by atoms with Crippen LogP contribution in [-0.2, 0) is 6.54 Å². The Hall–Kier alpha value is -2.04. The summed E-state index contributed by atoms with van der Waals surface area (Å²) in [4.78, 5) is 13.8. The maximum Gasteiger partial charge on any atom is 0.254 e. The Kier molecular flexibility index (Phi) is 4.55. The summed E-state index contributed by atoms with van der Waals surface area (Å²) >= 11 is 7.52. The van der Waals surface area contributed by atoms with E-state index in [9.17, 15) is 4.79 Å². The summed E-state index contributed by atoms with van der Waals surface area (Å²) in [5.74, 6) is -0.0505. The van der Waals surface area contributed by atoms with Crippen molar-refractivity contribution in [2.75, 3.05) is 0 Å². The van der Waals surface area contributed by atoms with E-state index >= 15 is 0 Å². The highest BCUT2D eigenvalue weighted by Gasteiger charge is 2.20. The van der Waals surface area contributed by atoms with E-state index < -0.39 is 0 Å². The lowest BCUT2D eigenvalue weighted by atomic mass is 10.1. The molecular formula is C18H17ClN2OS. The van der Waals surface area contributed by atoms with E-state index in [4.69, 9.17) is 11.6 Å². The minimum atomic E-state index is -0.0505. The average Bonchev–Trinajstić information content (AvgIpc) is 3.16. The van der Waals surface area contributed by atoms with Gasteiger partial charge in [-0.2, -0.15) is 0 Å². The standard InChI is InChI=1S/C18H17ClN2OS/c1-12-13(2)23-18(21-9-3-4-10-21)16(12)17(22)20-11-14-5-7-15(19)8-6-14/h3-10H,11H2,1-2H3,(H,20,22). The highest BCUT2D eigenvalue weighted by Crippen LogP contribution is 2.30. The van der Waals surface area contributed by atoms with E-state index in [2.05, 4.69) is 5.32 Å². The first-order chi connectivity index (χ1) is 11.1. The van der Waals surface area contributed by atoms with Crippen LogP contribution in [0.3, 0.4) is 0 Å². The molecular weight excluding hydrogens is 328 g/mol. The van der Waals surface area contributed by atoms with Crippen LogP contribution in [0.15, 0.2) is 48.8 Å². The van der Waals surface area contributed by atoms with Crippen molar-refractivity contribution in [1.82, 2.24) is 9.88 Å². The number of aryl methyl sites for hydroxylation is 1. The van der Waals surface area contributed by atoms with Crippen LogP contribution >= 0.6 is 22.9 Å². The molecule has 1 N–H and O–H groups in total. The summed E-state index contributed by atoms with van der Waals surface area (Å²) in [5, 5.41) is 4.65. The SMILES string of the molecule is Cc1sc(-n2cccc2)c(C(=O)NCc2ccc(Cl)cc2)c1C. The number of carbonyl (C=O) groups excluding carboxylic acids is 1. The Morgan fingerprint density at radius 1 is 1.17 bits per heavy atom. The Morgan fingerprint density at radius 3 is 2.48 bits per heavy atom. The molecule has 0 fully saturated rings. The van der Waals surface area contributed by atoms with Crippen LogP contribution < -0.4 is 5.32 Å². The fraction of sp³-hybridized carbons (Fsp3) is 0.167. The van der Waals surface area contributed by atoms with Crippen LogP contribution in [-0.4, -0.2) is 10.5 Å². The van der Waals surface area contributed by atoms with Gasteiger partial charge in [0.15, 0.2) is 0 Å². The van der Waals surface area contributed by atoms with E-state index in [1.54, 1.807) is 11.3 Å². The van der Waals surface area contributed by atoms with Gasteiger partial charge in [-0.15, -0.1) is 11.3 Å². The van der Waals surface area contributed by atoms with E-state index in [1.807, 2.05) is 67.2 Å². The van der Waals surface area contributed by atoms with Gasteiger partial charge in [0.1, 0.15) is 5.00 Å². The van der Waals surface area contributed by atoms with Crippen molar-refractivity contribution < 1.29 is 4.79 Å². The molecule has 0 bridgehead atoms. The van der Waals surface area contributed by atoms with Gasteiger partial charge >= 0.3 is 0 Å². The van der Waals surface area contributed by atoms with E-state index in [-0.39, 0.29) is 5.91 Å². The molecule has 0 unspecified atom stereocenters. The second-order valence-electron chi connectivity index (χ2n) is 5.36. The molecule has 0 saturated heterocycles. The first kappa shape index (κ1) is 15.8. The van der Waals surface area contributed by atoms with Gasteiger partial charge in [-0.05, 0) is 49.2 Å². The zero-order valence-corrected chi connectivity index (χ0v) is 14.5. The average molecular weight is 345 g/mol. The molecule has 0 saturated carbocycles. The molecule has 3 rings (SSSR count). The van der Waals surface area contributed by atoms with Crippen molar-refractivity contribution in [3.8, 4) is 5.00 Å². The van der Waals surface area contributed by atoms with Gasteiger partial charge in [-0.25, -0.2) is 0 Å². The summed E-state index contributed by atoms with van der Waals surface area (Å²) in [6.07, 6.45) is 3.92. The van der Waals surface area contributed by atoms with Crippen LogP contribution in [0.2, 0.25) is 5.02 Å². The smallest absolute Gasteiger partial charge is 0.254 e. The maximum absolute atomic E-state index is 12.7. The lowest BCUT2D eigenvalue weighted by molar-refractivity contribution is 0.0950. The number of amides is 1. The number of aromatic nitrogens is 1. The number of hydrogen-bond donors (Lipinski definition) is 1. The molecule has 3 nitrogen and oxygen atoms in total. The molecule has 1 amide bonds. The summed E-state index contributed by atoms with van der Waals surface area (Å²) in [6.45, 7) is 4.52. The van der Waals surface area contributed by atoms with E-state index in [1.165, 1.54) is 0 Å². The molecule has 0 aliphatic carbocycles. The van der Waals surface area contributed by atoms with Gasteiger partial charge in [-0.1, -0.05) is 23.7 Å². The molecule has 118 valence electrons. The number of nitrogens with one attached hydrogen (secondary N) is 1. The number of carbonyl (C=O) groups is 1. The number of thiophene rings is 1. The molecule has 5 heteroatoms. The first-order valence-corrected chi connectivity index (χ1v) is 8.51. The third-order valence-electron chi connectivity index (χ3n) is 3.80. The Bertz CT molecular complexity index is 820. The second-order valence-corrected chi connectivity index (χ2v) is 7.00. The van der Waals surface area contributed by atoms with Gasteiger partial charge in [-0.3, -0.25) is 4.79 Å². The topological polar surface area (TPSA) is 34.0 Å². The van der Waals surface area contributed by atoms with Crippen molar-refractivity contribution in [2.24, 2.45) is 0 Å². The van der Waals surface area contributed by atoms with Crippen LogP contribution in [0.25, 0.3) is 5.00 Å². The largest absolute Gasteiger partial charge is 0.348 e. The van der Waals surface area contributed by atoms with Crippen LogP contribution in [0.1, 0.15) is 26.4 Å². The maximum atomic E-state index is 12.7. The van der Waals surface area contributed by atoms with Gasteiger partial charge in [0.25, 0.3) is 5.91 Å². The molecule has 2 heterocycles. The third-order valence-corrected chi connectivity index (χ3v) is 5.27. The molecule has 0 radical (unpaired) electrons. The number of hydrogen-bond acceptors (Lipinski definition) is 2. The summed E-state index contributed by atoms with van der Waals surface area (Å²) in [5.41, 5.74) is 2.81. The van der Waals surface area contributed by atoms with Gasteiger partial charge < -0.3 is 9.88 Å². The van der Waals surface area contributed by atoms with E-state index in [0.717, 1.165) is 26.6 Å². The van der Waals surface area contributed by atoms with Gasteiger partial charge in [0.2, 0.25) is 0 Å². The fourth-order valence-corrected chi connectivity index (χ4v) is 3.65. The second kappa shape index (κ2) is 6.60. The number of rotatable bonds is 4. The lowest BCUT2D eigenvalue weighted by Gasteiger charge is -2.08. The van der Waals surface area contributed by atoms with E-state index in [0.29, 0.717) is 11.6 Å². The molecule has 23 heavy (non-hydrogen) atoms. The van der Waals surface area contributed by atoms with Crippen molar-refractivity contribution in [1.29, 1.82) is 0 Å². The zero-order chi connectivity index (χ0) is 16.4. The van der Waals surface area contributed by atoms with Crippen molar-refractivity contribution in [3.63, 3.8) is 0 Å². The molecule has 0 aliphatic rings. The predicted octanol–water partition coefficient (Wildman–Crippen LogP) is 4.74. The summed E-state index contributed by atoms with van der Waals surface area (Å²) < 4.78 is 1.99. The van der Waals surface area contributed by atoms with Crippen molar-refractivity contribution >= 4 is 28.8 Å². The van der Waals surface area contributed by atoms with Gasteiger partial charge in [0.05, 0.1) is 5.56 Å². The van der Waals surface area contributed by atoms with Crippen LogP contribution in [0.5, 0.6) is 0 Å². The quantitative estimate of drug-likeness (QED) is 0.728. The third kappa shape index (κ3) is 3.33. The molecule has 0 atom stereocenters. The monoisotopic (exact) mass is 344 g/mol. The Morgan fingerprint density at radius 2 is 1.83 bits per heavy atom. The fourth-order valence-electron chi connectivity index (χ4n) is 2.40. The summed E-state index contributed by atoms with van der Waals surface area (Å²) in [6, 6.07) is 11.4. The molecule has 3 aromatic rings. The molecule has 2 aromatic heterocycles. The minimum absolute atomic E-state index is 0.0505. The highest BCUT2D eigenvalue weighted by molar-refractivity contribution is 7.15. The van der Waals surface area contributed by atoms with Crippen molar-refractivity contribution in [3.05, 3.63) is 75.4 Å². The molecule has 0 aliphatic heterocycles. The van der Waals surface area contributed by atoms with Crippen LogP contribution in [0.4, 0.5) is 0 Å². The minimum Gasteiger partial charge on any atom is -0.348 e. The van der Waals surface area contributed by atoms with Crippen molar-refractivity contribution in [2.45, 2.75) is 20.4 Å². The number of benzene rings is 1. The lowest BCUT2D eigenvalue weighted by Crippen LogP contribution is -2.24. The Labute approximate surface area is 144 Å². The van der Waals surface area contributed by atoms with Crippen LogP contribution in [0, 0.1) is 13.8 Å². The first-order valence-electron chi connectivity index (χ1n) is 7.32. The molecule has 1 aromatic carbocycles. The molecule has 0 spiro atoms. The Balaban J connectivity index is 1.83. The number of halogens is 1. The highest BCUT2D eigenvalue weighted by atomic mass is 35.5.